The highest BCUT2D eigenvalue weighted by Crippen LogP contribution is 2.21. The highest BCUT2D eigenvalue weighted by molar-refractivity contribution is 9.10. The van der Waals surface area contributed by atoms with Gasteiger partial charge >= 0.3 is 5.97 Å². The van der Waals surface area contributed by atoms with Crippen molar-refractivity contribution in [2.24, 2.45) is 0 Å². The van der Waals surface area contributed by atoms with Gasteiger partial charge < -0.3 is 14.2 Å². The van der Waals surface area contributed by atoms with Crippen molar-refractivity contribution < 1.29 is 23.8 Å². The minimum absolute atomic E-state index is 0.0874. The fourth-order valence-corrected chi connectivity index (χ4v) is 2.46. The van der Waals surface area contributed by atoms with E-state index in [1.165, 1.54) is 0 Å². The minimum Gasteiger partial charge on any atom is -0.462 e. The number of carbonyl (C=O) groups excluding carboxylic acids is 2. The standard InChI is InChI=1S/C18H32BrClO5/c1-13(2)23-10-8-7-9-14(20)15(21)18(5,6)25-12-11-24-16(22)17(3,4)19/h13-14H,7-12H2,1-6H3. The summed E-state index contributed by atoms with van der Waals surface area (Å²) in [6, 6.07) is 0. The molecule has 0 spiro atoms. The number of halogens is 2. The lowest BCUT2D eigenvalue weighted by Gasteiger charge is -2.26. The summed E-state index contributed by atoms with van der Waals surface area (Å²) in [7, 11) is 0. The molecule has 0 aromatic carbocycles. The van der Waals surface area contributed by atoms with Gasteiger partial charge in [0.15, 0.2) is 5.78 Å². The van der Waals surface area contributed by atoms with Crippen LogP contribution < -0.4 is 0 Å². The largest absolute Gasteiger partial charge is 0.462 e. The van der Waals surface area contributed by atoms with Gasteiger partial charge in [0, 0.05) is 6.61 Å². The van der Waals surface area contributed by atoms with E-state index in [9.17, 15) is 9.59 Å². The number of carbonyl (C=O) groups is 2. The molecular weight excluding hydrogens is 412 g/mol. The minimum atomic E-state index is -1.02. The average molecular weight is 444 g/mol. The van der Waals surface area contributed by atoms with Crippen molar-refractivity contribution in [3.05, 3.63) is 0 Å². The van der Waals surface area contributed by atoms with Crippen LogP contribution in [-0.2, 0) is 23.8 Å². The van der Waals surface area contributed by atoms with E-state index < -0.39 is 15.3 Å². The van der Waals surface area contributed by atoms with Gasteiger partial charge in [-0.15, -0.1) is 11.6 Å². The zero-order valence-electron chi connectivity index (χ0n) is 16.2. The third-order valence-electron chi connectivity index (χ3n) is 3.45. The van der Waals surface area contributed by atoms with Crippen LogP contribution in [0.4, 0.5) is 0 Å². The van der Waals surface area contributed by atoms with Crippen molar-refractivity contribution >= 4 is 39.3 Å². The molecule has 0 saturated carbocycles. The molecule has 0 amide bonds. The Hall–Kier alpha value is -0.170. The number of ketones is 1. The first kappa shape index (κ1) is 24.8. The Morgan fingerprint density at radius 1 is 1.04 bits per heavy atom. The Bertz CT molecular complexity index is 418. The van der Waals surface area contributed by atoms with Crippen molar-refractivity contribution in [1.29, 1.82) is 0 Å². The van der Waals surface area contributed by atoms with Crippen LogP contribution in [0.3, 0.4) is 0 Å². The Balaban J connectivity index is 4.11. The molecule has 0 rings (SSSR count). The van der Waals surface area contributed by atoms with E-state index in [2.05, 4.69) is 15.9 Å². The van der Waals surface area contributed by atoms with Gasteiger partial charge in [0.25, 0.3) is 0 Å². The highest BCUT2D eigenvalue weighted by atomic mass is 79.9. The molecule has 0 bridgehead atoms. The van der Waals surface area contributed by atoms with Crippen molar-refractivity contribution in [2.45, 2.75) is 82.2 Å². The first-order valence-corrected chi connectivity index (χ1v) is 9.91. The molecule has 0 saturated heterocycles. The lowest BCUT2D eigenvalue weighted by atomic mass is 9.97. The number of hydrogen-bond acceptors (Lipinski definition) is 5. The summed E-state index contributed by atoms with van der Waals surface area (Å²) in [4.78, 5) is 24.0. The van der Waals surface area contributed by atoms with Gasteiger partial charge in [0.05, 0.1) is 18.1 Å². The van der Waals surface area contributed by atoms with Crippen molar-refractivity contribution in [2.75, 3.05) is 19.8 Å². The molecule has 0 radical (unpaired) electrons. The van der Waals surface area contributed by atoms with Crippen LogP contribution in [0.1, 0.15) is 60.8 Å². The molecule has 0 aliphatic heterocycles. The summed E-state index contributed by atoms with van der Waals surface area (Å²) in [5.41, 5.74) is -1.02. The topological polar surface area (TPSA) is 61.8 Å². The average Bonchev–Trinajstić information content (AvgIpc) is 2.48. The van der Waals surface area contributed by atoms with Gasteiger partial charge in [-0.2, -0.15) is 0 Å². The van der Waals surface area contributed by atoms with Crippen LogP contribution in [-0.4, -0.2) is 53.0 Å². The maximum atomic E-state index is 12.4. The number of esters is 1. The van der Waals surface area contributed by atoms with Gasteiger partial charge in [0.2, 0.25) is 0 Å². The highest BCUT2D eigenvalue weighted by Gasteiger charge is 2.33. The second kappa shape index (κ2) is 11.5. The van der Waals surface area contributed by atoms with E-state index in [-0.39, 0.29) is 31.1 Å². The normalized spacial score (nSPS) is 13.8. The maximum Gasteiger partial charge on any atom is 0.322 e. The van der Waals surface area contributed by atoms with Crippen LogP contribution in [0.15, 0.2) is 0 Å². The lowest BCUT2D eigenvalue weighted by molar-refractivity contribution is -0.151. The molecule has 0 aliphatic carbocycles. The fraction of sp³-hybridized carbons (Fsp3) is 0.889. The molecule has 0 aromatic rings. The van der Waals surface area contributed by atoms with Crippen LogP contribution in [0.2, 0.25) is 0 Å². The molecule has 0 heterocycles. The molecule has 0 aromatic heterocycles. The number of ether oxygens (including phenoxy) is 3. The number of Topliss-reactive ketones (excluding diaryl/α,β-unsaturated/α-hetero) is 1. The quantitative estimate of drug-likeness (QED) is 0.242. The molecule has 1 unspecified atom stereocenters. The second-order valence-electron chi connectivity index (χ2n) is 7.21. The van der Waals surface area contributed by atoms with E-state index in [0.717, 1.165) is 12.8 Å². The van der Waals surface area contributed by atoms with Crippen LogP contribution in [0.25, 0.3) is 0 Å². The van der Waals surface area contributed by atoms with E-state index in [1.54, 1.807) is 27.7 Å². The van der Waals surface area contributed by atoms with E-state index in [0.29, 0.717) is 13.0 Å². The molecule has 25 heavy (non-hydrogen) atoms. The van der Waals surface area contributed by atoms with Gasteiger partial charge in [0.1, 0.15) is 16.5 Å². The summed E-state index contributed by atoms with van der Waals surface area (Å²) >= 11 is 9.44. The zero-order chi connectivity index (χ0) is 19.7. The summed E-state index contributed by atoms with van der Waals surface area (Å²) < 4.78 is 15.4. The molecule has 0 fully saturated rings. The SMILES string of the molecule is CC(C)OCCCCC(Cl)C(=O)C(C)(C)OCCOC(=O)C(C)(C)Br. The summed E-state index contributed by atoms with van der Waals surface area (Å²) in [5.74, 6) is -0.537. The third-order valence-corrected chi connectivity index (χ3v) is 4.19. The number of rotatable bonds is 13. The van der Waals surface area contributed by atoms with Gasteiger partial charge in [-0.05, 0) is 60.8 Å². The first-order chi connectivity index (χ1) is 11.4. The van der Waals surface area contributed by atoms with Crippen molar-refractivity contribution in [3.8, 4) is 0 Å². The molecule has 0 N–H and O–H groups in total. The molecule has 7 heteroatoms. The van der Waals surface area contributed by atoms with E-state index in [4.69, 9.17) is 25.8 Å². The Morgan fingerprint density at radius 2 is 1.64 bits per heavy atom. The summed E-state index contributed by atoms with van der Waals surface area (Å²) in [6.07, 6.45) is 2.49. The Morgan fingerprint density at radius 3 is 2.16 bits per heavy atom. The molecule has 0 aliphatic rings. The molecule has 5 nitrogen and oxygen atoms in total. The molecule has 1 atom stereocenters. The van der Waals surface area contributed by atoms with E-state index >= 15 is 0 Å². The lowest BCUT2D eigenvalue weighted by Crippen LogP contribution is -2.41. The van der Waals surface area contributed by atoms with Crippen molar-refractivity contribution in [3.63, 3.8) is 0 Å². The maximum absolute atomic E-state index is 12.4. The zero-order valence-corrected chi connectivity index (χ0v) is 18.5. The summed E-state index contributed by atoms with van der Waals surface area (Å²) in [6.45, 7) is 11.6. The van der Waals surface area contributed by atoms with Gasteiger partial charge in [-0.3, -0.25) is 9.59 Å². The van der Waals surface area contributed by atoms with E-state index in [1.807, 2.05) is 13.8 Å². The Labute approximate surface area is 165 Å². The molecular formula is C18H32BrClO5. The third kappa shape index (κ3) is 11.2. The first-order valence-electron chi connectivity index (χ1n) is 8.68. The van der Waals surface area contributed by atoms with Crippen molar-refractivity contribution in [1.82, 2.24) is 0 Å². The second-order valence-corrected chi connectivity index (χ2v) is 9.72. The smallest absolute Gasteiger partial charge is 0.322 e. The predicted molar refractivity (Wildman–Crippen MR) is 104 cm³/mol. The van der Waals surface area contributed by atoms with Crippen LogP contribution >= 0.6 is 27.5 Å². The van der Waals surface area contributed by atoms with Gasteiger partial charge in [-0.1, -0.05) is 15.9 Å². The molecule has 148 valence electrons. The monoisotopic (exact) mass is 442 g/mol. The Kier molecular flexibility index (Phi) is 11.4. The van der Waals surface area contributed by atoms with Gasteiger partial charge in [-0.25, -0.2) is 0 Å². The number of alkyl halides is 2. The summed E-state index contributed by atoms with van der Waals surface area (Å²) in [5, 5.41) is -0.599. The van der Waals surface area contributed by atoms with Crippen LogP contribution in [0, 0.1) is 0 Å². The van der Waals surface area contributed by atoms with Crippen LogP contribution in [0.5, 0.6) is 0 Å². The number of unbranched alkanes of at least 4 members (excludes halogenated alkanes) is 1. The predicted octanol–water partition coefficient (Wildman–Crippen LogP) is 4.27. The number of hydrogen-bond donors (Lipinski definition) is 0. The fourth-order valence-electron chi connectivity index (χ4n) is 1.93.